The van der Waals surface area contributed by atoms with E-state index in [2.05, 4.69) is 0 Å². The van der Waals surface area contributed by atoms with Crippen molar-refractivity contribution in [2.75, 3.05) is 12.0 Å². The maximum absolute atomic E-state index is 12.1. The number of halogens is 5. The predicted octanol–water partition coefficient (Wildman–Crippen LogP) is 1.58. The van der Waals surface area contributed by atoms with E-state index in [-0.39, 0.29) is 6.26 Å². The smallest absolute Gasteiger partial charge is 0.308 e. The van der Waals surface area contributed by atoms with Crippen molar-refractivity contribution in [3.05, 3.63) is 0 Å². The minimum absolute atomic E-state index is 0.0247. The average Bonchev–Trinajstić information content (AvgIpc) is 1.48. The molecule has 0 aliphatic rings. The van der Waals surface area contributed by atoms with Crippen LogP contribution in [0.3, 0.4) is 0 Å². The quantitative estimate of drug-likeness (QED) is 0.708. The summed E-state index contributed by atoms with van der Waals surface area (Å²) in [6, 6.07) is 0. The summed E-state index contributed by atoms with van der Waals surface area (Å²) in [6.45, 7) is 0. The number of rotatable bonds is 2. The third-order valence-electron chi connectivity index (χ3n) is 0.928. The highest BCUT2D eigenvalue weighted by Crippen LogP contribution is 2.39. The molecule has 13 heavy (non-hydrogen) atoms. The van der Waals surface area contributed by atoms with Crippen molar-refractivity contribution in [3.63, 3.8) is 0 Å². The van der Waals surface area contributed by atoms with Crippen LogP contribution >= 0.6 is 0 Å². The first kappa shape index (κ1) is 12.7. The van der Waals surface area contributed by atoms with Crippen LogP contribution < -0.4 is 0 Å². The van der Waals surface area contributed by atoms with Crippen LogP contribution in [0.5, 0.6) is 0 Å². The summed E-state index contributed by atoms with van der Waals surface area (Å²) in [5.41, 5.74) is 0. The lowest BCUT2D eigenvalue weighted by atomic mass is 10.4. The lowest BCUT2D eigenvalue weighted by Gasteiger charge is -2.30. The molecule has 0 aromatic rings. The molecule has 0 amide bonds. The third kappa shape index (κ3) is 4.48. The molecule has 0 spiro atoms. The van der Waals surface area contributed by atoms with Crippen molar-refractivity contribution in [2.45, 2.75) is 12.1 Å². The number of hydrogen-bond donors (Lipinski definition) is 2. The topological polar surface area (TPSA) is 57.5 Å². The van der Waals surface area contributed by atoms with Gasteiger partial charge in [-0.25, -0.2) is 4.21 Å². The van der Waals surface area contributed by atoms with Crippen molar-refractivity contribution in [1.82, 2.24) is 0 Å². The first-order valence-corrected chi connectivity index (χ1v) is 5.23. The van der Waals surface area contributed by atoms with Gasteiger partial charge in [-0.2, -0.15) is 22.0 Å². The maximum Gasteiger partial charge on any atom is 0.454 e. The van der Waals surface area contributed by atoms with Gasteiger partial charge >= 0.3 is 12.1 Å². The second-order valence-corrected chi connectivity index (χ2v) is 5.92. The molecule has 0 aliphatic heterocycles. The van der Waals surface area contributed by atoms with Gasteiger partial charge in [-0.05, 0) is 0 Å². The van der Waals surface area contributed by atoms with Gasteiger partial charge < -0.3 is 9.11 Å². The Labute approximate surface area is 70.0 Å². The van der Waals surface area contributed by atoms with Crippen LogP contribution in [0.4, 0.5) is 22.0 Å². The second kappa shape index (κ2) is 2.61. The Hall–Kier alpha value is -0.280. The summed E-state index contributed by atoms with van der Waals surface area (Å²) in [4.78, 5) is 0. The van der Waals surface area contributed by atoms with Gasteiger partial charge in [-0.3, -0.25) is 0 Å². The van der Waals surface area contributed by atoms with Crippen molar-refractivity contribution in [1.29, 1.82) is 0 Å². The van der Waals surface area contributed by atoms with Gasteiger partial charge in [0.2, 0.25) is 0 Å². The van der Waals surface area contributed by atoms with Gasteiger partial charge in [0.1, 0.15) is 5.75 Å². The molecule has 3 nitrogen and oxygen atoms in total. The summed E-state index contributed by atoms with van der Waals surface area (Å²) in [5, 5.41) is 0. The van der Waals surface area contributed by atoms with Crippen molar-refractivity contribution >= 4 is 9.63 Å². The molecule has 0 aromatic heterocycles. The molecule has 0 unspecified atom stereocenters. The van der Waals surface area contributed by atoms with Crippen LogP contribution in [0.15, 0.2) is 0 Å². The number of alkyl halides is 5. The lowest BCUT2D eigenvalue weighted by Crippen LogP contribution is -2.50. The van der Waals surface area contributed by atoms with E-state index in [0.29, 0.717) is 0 Å². The molecule has 0 bridgehead atoms. The van der Waals surface area contributed by atoms with E-state index < -0.39 is 27.5 Å². The molecular formula is C4H7F5O3S. The average molecular weight is 230 g/mol. The first-order valence-electron chi connectivity index (χ1n) is 2.78. The SMILES string of the molecule is CS(=O)(O)(O)CC(F)(F)C(F)(F)F. The molecule has 0 fully saturated rings. The third-order valence-corrected chi connectivity index (χ3v) is 1.96. The molecule has 0 heterocycles. The minimum atomic E-state index is -5.95. The molecular weight excluding hydrogens is 223 g/mol. The van der Waals surface area contributed by atoms with Gasteiger partial charge in [-0.1, -0.05) is 0 Å². The van der Waals surface area contributed by atoms with E-state index in [9.17, 15) is 26.2 Å². The van der Waals surface area contributed by atoms with Crippen molar-refractivity contribution in [2.24, 2.45) is 0 Å². The Morgan fingerprint density at radius 1 is 1.15 bits per heavy atom. The monoisotopic (exact) mass is 230 g/mol. The van der Waals surface area contributed by atoms with Crippen molar-refractivity contribution < 1.29 is 35.3 Å². The fraction of sp³-hybridized carbons (Fsp3) is 1.00. The van der Waals surface area contributed by atoms with Crippen molar-refractivity contribution in [3.8, 4) is 0 Å². The Morgan fingerprint density at radius 2 is 1.46 bits per heavy atom. The van der Waals surface area contributed by atoms with E-state index in [0.717, 1.165) is 0 Å². The summed E-state index contributed by atoms with van der Waals surface area (Å²) in [5.74, 6) is -7.93. The van der Waals surface area contributed by atoms with E-state index in [1.807, 2.05) is 0 Å². The maximum atomic E-state index is 12.1. The zero-order chi connectivity index (χ0) is 11.2. The summed E-state index contributed by atoms with van der Waals surface area (Å²) in [6.07, 6.45) is -5.92. The van der Waals surface area contributed by atoms with Gasteiger partial charge in [0.05, 0.1) is 9.63 Å². The second-order valence-electron chi connectivity index (χ2n) is 2.77. The highest BCUT2D eigenvalue weighted by atomic mass is 32.3. The van der Waals surface area contributed by atoms with Gasteiger partial charge in [0, 0.05) is 6.26 Å². The van der Waals surface area contributed by atoms with E-state index in [4.69, 9.17) is 9.11 Å². The summed E-state index contributed by atoms with van der Waals surface area (Å²) in [7, 11) is -5.85. The largest absolute Gasteiger partial charge is 0.454 e. The first-order chi connectivity index (χ1) is 5.21. The molecule has 0 saturated carbocycles. The molecule has 0 rings (SSSR count). The molecule has 9 heteroatoms. The van der Waals surface area contributed by atoms with E-state index >= 15 is 0 Å². The highest BCUT2D eigenvalue weighted by molar-refractivity contribution is 8.09. The molecule has 0 atom stereocenters. The zero-order valence-corrected chi connectivity index (χ0v) is 7.12. The highest BCUT2D eigenvalue weighted by Gasteiger charge is 2.61. The van der Waals surface area contributed by atoms with E-state index in [1.165, 1.54) is 0 Å². The van der Waals surface area contributed by atoms with Gasteiger partial charge in [0.15, 0.2) is 0 Å². The molecule has 0 radical (unpaired) electrons. The molecule has 0 aliphatic carbocycles. The fourth-order valence-electron chi connectivity index (χ4n) is 0.499. The standard InChI is InChI=1S/C4H7F5O3S/c1-13(10,11,12)2-3(5,6)4(7,8)9/h2H2,1H3,(H2,10,11,12). The lowest BCUT2D eigenvalue weighted by molar-refractivity contribution is -0.272. The predicted molar refractivity (Wildman–Crippen MR) is 35.2 cm³/mol. The van der Waals surface area contributed by atoms with Crippen LogP contribution in [0, 0.1) is 0 Å². The van der Waals surface area contributed by atoms with Crippen LogP contribution in [0.25, 0.3) is 0 Å². The molecule has 0 saturated heterocycles. The molecule has 2 N–H and O–H groups in total. The van der Waals surface area contributed by atoms with Crippen LogP contribution in [0.1, 0.15) is 0 Å². The Balaban J connectivity index is 4.85. The fourth-order valence-corrected chi connectivity index (χ4v) is 1.50. The Kier molecular flexibility index (Phi) is 2.55. The zero-order valence-electron chi connectivity index (χ0n) is 6.31. The minimum Gasteiger partial charge on any atom is -0.308 e. The van der Waals surface area contributed by atoms with Crippen LogP contribution in [0.2, 0.25) is 0 Å². The summed E-state index contributed by atoms with van der Waals surface area (Å²) >= 11 is 0. The normalized spacial score (nSPS) is 18.0. The molecule has 82 valence electrons. The Bertz CT molecular complexity index is 252. The van der Waals surface area contributed by atoms with Crippen LogP contribution in [-0.2, 0) is 9.63 Å². The van der Waals surface area contributed by atoms with E-state index in [1.54, 1.807) is 0 Å². The van der Waals surface area contributed by atoms with Gasteiger partial charge in [-0.15, -0.1) is 0 Å². The Morgan fingerprint density at radius 3 is 1.54 bits per heavy atom. The molecule has 0 aromatic carbocycles. The van der Waals surface area contributed by atoms with Gasteiger partial charge in [0.25, 0.3) is 0 Å². The summed E-state index contributed by atoms with van der Waals surface area (Å²) < 4.78 is 85.4. The number of hydrogen-bond acceptors (Lipinski definition) is 1. The van der Waals surface area contributed by atoms with Crippen LogP contribution in [-0.4, -0.2) is 37.4 Å².